The average Bonchev–Trinajstić information content (AvgIpc) is 2.26. The van der Waals surface area contributed by atoms with Crippen LogP contribution in [-0.4, -0.2) is 24.3 Å². The van der Waals surface area contributed by atoms with Crippen LogP contribution in [0.25, 0.3) is 6.08 Å². The molecule has 0 aliphatic heterocycles. The third-order valence-electron chi connectivity index (χ3n) is 1.54. The number of hydrogen-bond donors (Lipinski definition) is 0. The lowest BCUT2D eigenvalue weighted by molar-refractivity contribution is -0.134. The molecule has 0 N–H and O–H groups in total. The molecule has 0 fully saturated rings. The van der Waals surface area contributed by atoms with Crippen molar-refractivity contribution in [1.29, 1.82) is 0 Å². The molecule has 4 nitrogen and oxygen atoms in total. The zero-order valence-electron chi connectivity index (χ0n) is 7.64. The Morgan fingerprint density at radius 1 is 1.50 bits per heavy atom. The third kappa shape index (κ3) is 2.82. The SMILES string of the molecule is COC(=O)C=Cc1ccc(C=O)nc1. The Morgan fingerprint density at radius 2 is 2.29 bits per heavy atom. The molecule has 0 amide bonds. The highest BCUT2D eigenvalue weighted by Gasteiger charge is 1.93. The summed E-state index contributed by atoms with van der Waals surface area (Å²) >= 11 is 0. The van der Waals surface area contributed by atoms with Crippen LogP contribution in [0, 0.1) is 0 Å². The van der Waals surface area contributed by atoms with E-state index >= 15 is 0 Å². The first kappa shape index (κ1) is 10.1. The normalized spacial score (nSPS) is 10.1. The predicted octanol–water partition coefficient (Wildman–Crippen LogP) is 1.08. The van der Waals surface area contributed by atoms with Gasteiger partial charge in [-0.2, -0.15) is 0 Å². The molecule has 14 heavy (non-hydrogen) atoms. The van der Waals surface area contributed by atoms with Gasteiger partial charge in [0, 0.05) is 12.3 Å². The van der Waals surface area contributed by atoms with E-state index in [0.29, 0.717) is 12.0 Å². The minimum Gasteiger partial charge on any atom is -0.466 e. The monoisotopic (exact) mass is 191 g/mol. The van der Waals surface area contributed by atoms with Crippen LogP contribution in [0.5, 0.6) is 0 Å². The van der Waals surface area contributed by atoms with Gasteiger partial charge in [0.2, 0.25) is 0 Å². The van der Waals surface area contributed by atoms with Gasteiger partial charge in [-0.25, -0.2) is 4.79 Å². The molecule has 0 radical (unpaired) electrons. The molecule has 0 unspecified atom stereocenters. The number of methoxy groups -OCH3 is 1. The number of aromatic nitrogens is 1. The number of ether oxygens (including phenoxy) is 1. The van der Waals surface area contributed by atoms with Gasteiger partial charge < -0.3 is 4.74 Å². The molecule has 72 valence electrons. The van der Waals surface area contributed by atoms with Crippen LogP contribution in [0.3, 0.4) is 0 Å². The first-order chi connectivity index (χ1) is 6.76. The number of carbonyl (C=O) groups is 2. The molecule has 0 saturated carbocycles. The summed E-state index contributed by atoms with van der Waals surface area (Å²) in [6, 6.07) is 3.26. The molecule has 0 bridgehead atoms. The molecule has 1 rings (SSSR count). The summed E-state index contributed by atoms with van der Waals surface area (Å²) in [5.74, 6) is -0.426. The van der Waals surface area contributed by atoms with E-state index in [2.05, 4.69) is 9.72 Å². The van der Waals surface area contributed by atoms with E-state index in [-0.39, 0.29) is 0 Å². The molecule has 1 heterocycles. The maximum atomic E-state index is 10.7. The second-order valence-electron chi connectivity index (χ2n) is 2.49. The fraction of sp³-hybridized carbons (Fsp3) is 0.100. The molecule has 0 aliphatic rings. The van der Waals surface area contributed by atoms with Gasteiger partial charge in [0.25, 0.3) is 0 Å². The maximum absolute atomic E-state index is 10.7. The first-order valence-electron chi connectivity index (χ1n) is 3.93. The van der Waals surface area contributed by atoms with Crippen LogP contribution in [0.4, 0.5) is 0 Å². The van der Waals surface area contributed by atoms with Crippen molar-refractivity contribution in [3.8, 4) is 0 Å². The van der Waals surface area contributed by atoms with Crippen LogP contribution >= 0.6 is 0 Å². The molecule has 0 aliphatic carbocycles. The molecular formula is C10H9NO3. The number of hydrogen-bond acceptors (Lipinski definition) is 4. The van der Waals surface area contributed by atoms with Gasteiger partial charge in [-0.3, -0.25) is 9.78 Å². The van der Waals surface area contributed by atoms with E-state index in [1.54, 1.807) is 18.2 Å². The number of esters is 1. The Labute approximate surface area is 81.2 Å². The minimum absolute atomic E-state index is 0.361. The molecule has 0 atom stereocenters. The maximum Gasteiger partial charge on any atom is 0.330 e. The van der Waals surface area contributed by atoms with Crippen molar-refractivity contribution >= 4 is 18.3 Å². The topological polar surface area (TPSA) is 56.3 Å². The van der Waals surface area contributed by atoms with Crippen molar-refractivity contribution in [3.05, 3.63) is 35.7 Å². The Kier molecular flexibility index (Phi) is 3.55. The molecule has 0 aromatic carbocycles. The van der Waals surface area contributed by atoms with Crippen molar-refractivity contribution < 1.29 is 14.3 Å². The van der Waals surface area contributed by atoms with Crippen LogP contribution in [0.1, 0.15) is 16.1 Å². The second kappa shape index (κ2) is 4.91. The molecule has 4 heteroatoms. The summed E-state index contributed by atoms with van der Waals surface area (Å²) in [6.07, 6.45) is 5.02. The highest BCUT2D eigenvalue weighted by molar-refractivity contribution is 5.86. The summed E-state index contributed by atoms with van der Waals surface area (Å²) in [5.41, 5.74) is 1.10. The molecule has 0 spiro atoms. The smallest absolute Gasteiger partial charge is 0.330 e. The minimum atomic E-state index is -0.426. The van der Waals surface area contributed by atoms with Crippen molar-refractivity contribution in [3.63, 3.8) is 0 Å². The van der Waals surface area contributed by atoms with Gasteiger partial charge in [0.05, 0.1) is 7.11 Å². The van der Waals surface area contributed by atoms with Gasteiger partial charge in [0.1, 0.15) is 5.69 Å². The highest BCUT2D eigenvalue weighted by atomic mass is 16.5. The predicted molar refractivity (Wildman–Crippen MR) is 50.7 cm³/mol. The number of rotatable bonds is 3. The van der Waals surface area contributed by atoms with Gasteiger partial charge in [-0.1, -0.05) is 6.07 Å². The van der Waals surface area contributed by atoms with E-state index in [1.165, 1.54) is 19.4 Å². The van der Waals surface area contributed by atoms with E-state index in [4.69, 9.17) is 0 Å². The summed E-state index contributed by atoms with van der Waals surface area (Å²) < 4.78 is 4.41. The van der Waals surface area contributed by atoms with Crippen molar-refractivity contribution in [2.45, 2.75) is 0 Å². The number of aldehydes is 1. The Morgan fingerprint density at radius 3 is 2.79 bits per heavy atom. The summed E-state index contributed by atoms with van der Waals surface area (Å²) in [6.45, 7) is 0. The lowest BCUT2D eigenvalue weighted by Gasteiger charge is -1.93. The fourth-order valence-electron chi connectivity index (χ4n) is 0.817. The van der Waals surface area contributed by atoms with Crippen LogP contribution in [0.2, 0.25) is 0 Å². The highest BCUT2D eigenvalue weighted by Crippen LogP contribution is 2.01. The number of nitrogens with zero attached hydrogens (tertiary/aromatic N) is 1. The summed E-state index contributed by atoms with van der Waals surface area (Å²) in [5, 5.41) is 0. The van der Waals surface area contributed by atoms with Crippen LogP contribution < -0.4 is 0 Å². The van der Waals surface area contributed by atoms with E-state index in [0.717, 1.165) is 5.56 Å². The lowest BCUT2D eigenvalue weighted by atomic mass is 10.2. The summed E-state index contributed by atoms with van der Waals surface area (Å²) in [7, 11) is 1.31. The molecule has 1 aromatic rings. The first-order valence-corrected chi connectivity index (χ1v) is 3.93. The van der Waals surface area contributed by atoms with Crippen molar-refractivity contribution in [2.24, 2.45) is 0 Å². The van der Waals surface area contributed by atoms with E-state index < -0.39 is 5.97 Å². The van der Waals surface area contributed by atoms with E-state index in [9.17, 15) is 9.59 Å². The van der Waals surface area contributed by atoms with Crippen molar-refractivity contribution in [2.75, 3.05) is 7.11 Å². The standard InChI is InChI=1S/C10H9NO3/c1-14-10(13)5-3-8-2-4-9(7-12)11-6-8/h2-7H,1H3. The van der Waals surface area contributed by atoms with Gasteiger partial charge in [-0.15, -0.1) is 0 Å². The third-order valence-corrected chi connectivity index (χ3v) is 1.54. The Bertz CT molecular complexity index is 354. The largest absolute Gasteiger partial charge is 0.466 e. The van der Waals surface area contributed by atoms with E-state index in [1.807, 2.05) is 0 Å². The van der Waals surface area contributed by atoms with Gasteiger partial charge >= 0.3 is 5.97 Å². The fourth-order valence-corrected chi connectivity index (χ4v) is 0.817. The van der Waals surface area contributed by atoms with Crippen molar-refractivity contribution in [1.82, 2.24) is 4.98 Å². The molecule has 0 saturated heterocycles. The summed E-state index contributed by atoms with van der Waals surface area (Å²) in [4.78, 5) is 24.8. The number of carbonyl (C=O) groups excluding carboxylic acids is 2. The van der Waals surface area contributed by atoms with Crippen LogP contribution in [0.15, 0.2) is 24.4 Å². The Balaban J connectivity index is 2.73. The van der Waals surface area contributed by atoms with Gasteiger partial charge in [-0.05, 0) is 17.7 Å². The zero-order chi connectivity index (χ0) is 10.4. The number of pyridine rings is 1. The molecular weight excluding hydrogens is 182 g/mol. The molecule has 1 aromatic heterocycles. The quantitative estimate of drug-likeness (QED) is 0.407. The average molecular weight is 191 g/mol. The van der Waals surface area contributed by atoms with Crippen LogP contribution in [-0.2, 0) is 9.53 Å². The second-order valence-corrected chi connectivity index (χ2v) is 2.49. The zero-order valence-corrected chi connectivity index (χ0v) is 7.64. The Hall–Kier alpha value is -1.97. The van der Waals surface area contributed by atoms with Gasteiger partial charge in [0.15, 0.2) is 6.29 Å². The lowest BCUT2D eigenvalue weighted by Crippen LogP contribution is -1.93.